The zero-order valence-electron chi connectivity index (χ0n) is 19.7. The summed E-state index contributed by atoms with van der Waals surface area (Å²) >= 11 is 20.3. The number of halogens is 3. The summed E-state index contributed by atoms with van der Waals surface area (Å²) in [7, 11) is 1.50. The molecule has 3 aromatic rings. The predicted octanol–water partition coefficient (Wildman–Crippen LogP) is 5.55. The van der Waals surface area contributed by atoms with Crippen molar-refractivity contribution in [1.29, 1.82) is 0 Å². The van der Waals surface area contributed by atoms with Gasteiger partial charge >= 0.3 is 0 Å². The Morgan fingerprint density at radius 2 is 1.97 bits per heavy atom. The van der Waals surface area contributed by atoms with Gasteiger partial charge in [0.15, 0.2) is 18.5 Å². The van der Waals surface area contributed by atoms with E-state index >= 15 is 0 Å². The molecule has 1 aromatic carbocycles. The molecule has 2 aromatic heterocycles. The van der Waals surface area contributed by atoms with Gasteiger partial charge in [0.25, 0.3) is 11.8 Å². The van der Waals surface area contributed by atoms with E-state index in [2.05, 4.69) is 15.1 Å². The van der Waals surface area contributed by atoms with Crippen LogP contribution in [-0.4, -0.2) is 58.3 Å². The Kier molecular flexibility index (Phi) is 7.99. The molecule has 2 aliphatic heterocycles. The van der Waals surface area contributed by atoms with E-state index in [1.165, 1.54) is 19.6 Å². The van der Waals surface area contributed by atoms with Crippen LogP contribution in [-0.2, 0) is 9.63 Å². The van der Waals surface area contributed by atoms with Gasteiger partial charge in [0, 0.05) is 41.4 Å². The Balaban J connectivity index is 1.14. The van der Waals surface area contributed by atoms with Gasteiger partial charge in [0.1, 0.15) is 12.0 Å². The number of hydrogen-bond acceptors (Lipinski definition) is 9. The van der Waals surface area contributed by atoms with E-state index in [0.717, 1.165) is 29.3 Å². The average molecular weight is 583 g/mol. The van der Waals surface area contributed by atoms with E-state index in [1.807, 2.05) is 5.38 Å². The third-order valence-electron chi connectivity index (χ3n) is 6.25. The Morgan fingerprint density at radius 1 is 1.22 bits per heavy atom. The number of piperidine rings is 1. The van der Waals surface area contributed by atoms with Gasteiger partial charge in [0.05, 0.1) is 34.1 Å². The fraction of sp³-hybridized carbons (Fsp3) is 0.375. The number of rotatable bonds is 7. The van der Waals surface area contributed by atoms with Gasteiger partial charge in [-0.15, -0.1) is 11.3 Å². The van der Waals surface area contributed by atoms with Crippen molar-refractivity contribution in [3.8, 4) is 11.6 Å². The number of aromatic nitrogens is 3. The number of carbonyl (C=O) groups excluding carboxylic acids is 1. The summed E-state index contributed by atoms with van der Waals surface area (Å²) in [4.78, 5) is 32.8. The van der Waals surface area contributed by atoms with E-state index in [1.54, 1.807) is 28.4 Å². The van der Waals surface area contributed by atoms with Crippen molar-refractivity contribution in [2.24, 2.45) is 5.16 Å². The minimum atomic E-state index is -0.392. The highest BCUT2D eigenvalue weighted by Crippen LogP contribution is 2.40. The number of thiazole rings is 1. The lowest BCUT2D eigenvalue weighted by molar-refractivity contribution is -0.134. The minimum absolute atomic E-state index is 0.0954. The molecule has 13 heteroatoms. The number of amides is 1. The van der Waals surface area contributed by atoms with Crippen molar-refractivity contribution in [3.05, 3.63) is 61.4 Å². The van der Waals surface area contributed by atoms with Gasteiger partial charge in [-0.25, -0.2) is 9.97 Å². The van der Waals surface area contributed by atoms with Gasteiger partial charge in [-0.1, -0.05) is 40.0 Å². The first-order valence-electron chi connectivity index (χ1n) is 11.5. The number of nitrogens with zero attached hydrogens (tertiary/aromatic N) is 5. The molecule has 0 spiro atoms. The molecule has 0 bridgehead atoms. The van der Waals surface area contributed by atoms with Gasteiger partial charge in [-0.05, 0) is 25.0 Å². The normalized spacial score (nSPS) is 17.9. The number of likely N-dealkylation sites (tertiary alicyclic amines) is 1. The number of carbonyl (C=O) groups is 1. The Hall–Kier alpha value is -2.66. The molecular formula is C24H22Cl3N5O4S. The van der Waals surface area contributed by atoms with E-state index in [0.29, 0.717) is 45.9 Å². The van der Waals surface area contributed by atoms with Crippen LogP contribution in [0.1, 0.15) is 47.5 Å². The molecule has 1 unspecified atom stereocenters. The molecule has 5 rings (SSSR count). The first kappa shape index (κ1) is 26.0. The van der Waals surface area contributed by atoms with Crippen molar-refractivity contribution in [2.75, 3.05) is 26.8 Å². The van der Waals surface area contributed by atoms with Crippen LogP contribution in [0.2, 0.25) is 15.1 Å². The Bertz CT molecular complexity index is 1310. The molecule has 1 fully saturated rings. The fourth-order valence-corrected chi connectivity index (χ4v) is 6.36. The van der Waals surface area contributed by atoms with Crippen LogP contribution in [0.15, 0.2) is 35.2 Å². The van der Waals surface area contributed by atoms with E-state index in [-0.39, 0.29) is 24.3 Å². The lowest BCUT2D eigenvalue weighted by Crippen LogP contribution is -2.40. The van der Waals surface area contributed by atoms with Crippen molar-refractivity contribution >= 4 is 57.8 Å². The third-order valence-corrected chi connectivity index (χ3v) is 8.10. The molecule has 194 valence electrons. The number of oxime groups is 1. The molecule has 0 N–H and O–H groups in total. The standard InChI is InChI=1S/C24H22Cl3N5O4S/c1-34-20-9-28-12-29-23(20)35-10-21(33)32-4-2-13(3-5-32)24-30-18(11-37-24)17-8-19(36-31-17)22-15(26)6-14(25)7-16(22)27/h6-7,9,11-13,19H,2-5,8,10H2,1H3. The second kappa shape index (κ2) is 11.4. The van der Waals surface area contributed by atoms with Crippen LogP contribution in [0, 0.1) is 0 Å². The molecular weight excluding hydrogens is 561 g/mol. The summed E-state index contributed by atoms with van der Waals surface area (Å²) in [6.45, 7) is 1.15. The van der Waals surface area contributed by atoms with E-state index in [4.69, 9.17) is 54.1 Å². The maximum Gasteiger partial charge on any atom is 0.260 e. The van der Waals surface area contributed by atoms with Crippen molar-refractivity contribution in [2.45, 2.75) is 31.3 Å². The van der Waals surface area contributed by atoms with Gasteiger partial charge in [-0.3, -0.25) is 4.79 Å². The quantitative estimate of drug-likeness (QED) is 0.360. The van der Waals surface area contributed by atoms with Crippen molar-refractivity contribution < 1.29 is 19.1 Å². The maximum atomic E-state index is 12.7. The largest absolute Gasteiger partial charge is 0.490 e. The SMILES string of the molecule is COc1cncnc1OCC(=O)N1CCC(c2nc(C3=NOC(c4c(Cl)cc(Cl)cc4Cl)C3)cs2)CC1. The summed E-state index contributed by atoms with van der Waals surface area (Å²) in [6, 6.07) is 3.28. The summed E-state index contributed by atoms with van der Waals surface area (Å²) < 4.78 is 10.7. The summed E-state index contributed by atoms with van der Waals surface area (Å²) in [5.74, 6) is 0.806. The Morgan fingerprint density at radius 3 is 2.70 bits per heavy atom. The third kappa shape index (κ3) is 5.77. The van der Waals surface area contributed by atoms with Crippen LogP contribution in [0.5, 0.6) is 11.6 Å². The van der Waals surface area contributed by atoms with Crippen LogP contribution < -0.4 is 9.47 Å². The smallest absolute Gasteiger partial charge is 0.260 e. The molecule has 1 amide bonds. The number of methoxy groups -OCH3 is 1. The lowest BCUT2D eigenvalue weighted by Gasteiger charge is -2.31. The summed E-state index contributed by atoms with van der Waals surface area (Å²) in [5.41, 5.74) is 2.20. The molecule has 1 atom stereocenters. The molecule has 0 saturated carbocycles. The van der Waals surface area contributed by atoms with Crippen LogP contribution in [0.3, 0.4) is 0 Å². The average Bonchev–Trinajstić information content (AvgIpc) is 3.57. The Labute approximate surface area is 232 Å². The lowest BCUT2D eigenvalue weighted by atomic mass is 9.97. The van der Waals surface area contributed by atoms with Gasteiger partial charge in [-0.2, -0.15) is 4.98 Å². The van der Waals surface area contributed by atoms with Gasteiger partial charge < -0.3 is 19.2 Å². The number of hydrogen-bond donors (Lipinski definition) is 0. The second-order valence-corrected chi connectivity index (χ2v) is 10.7. The van der Waals surface area contributed by atoms with Crippen molar-refractivity contribution in [3.63, 3.8) is 0 Å². The minimum Gasteiger partial charge on any atom is -0.490 e. The topological polar surface area (TPSA) is 99.0 Å². The van der Waals surface area contributed by atoms with Crippen LogP contribution in [0.4, 0.5) is 0 Å². The highest BCUT2D eigenvalue weighted by molar-refractivity contribution is 7.10. The number of benzene rings is 1. The molecule has 0 aliphatic carbocycles. The van der Waals surface area contributed by atoms with E-state index in [9.17, 15) is 4.79 Å². The zero-order chi connectivity index (χ0) is 25.9. The maximum absolute atomic E-state index is 12.7. The summed E-state index contributed by atoms with van der Waals surface area (Å²) in [5, 5.41) is 8.62. The first-order valence-corrected chi connectivity index (χ1v) is 13.5. The molecule has 9 nitrogen and oxygen atoms in total. The van der Waals surface area contributed by atoms with E-state index < -0.39 is 6.10 Å². The zero-order valence-corrected chi connectivity index (χ0v) is 22.8. The fourth-order valence-electron chi connectivity index (χ4n) is 4.30. The molecule has 2 aliphatic rings. The monoisotopic (exact) mass is 581 g/mol. The number of ether oxygens (including phenoxy) is 2. The van der Waals surface area contributed by atoms with Gasteiger partial charge in [0.2, 0.25) is 0 Å². The summed E-state index contributed by atoms with van der Waals surface area (Å²) in [6.07, 6.45) is 4.59. The predicted molar refractivity (Wildman–Crippen MR) is 141 cm³/mol. The highest BCUT2D eigenvalue weighted by Gasteiger charge is 2.31. The second-order valence-electron chi connectivity index (χ2n) is 8.53. The molecule has 4 heterocycles. The molecule has 37 heavy (non-hydrogen) atoms. The molecule has 0 radical (unpaired) electrons. The van der Waals surface area contributed by atoms with Crippen LogP contribution >= 0.6 is 46.1 Å². The molecule has 1 saturated heterocycles. The van der Waals surface area contributed by atoms with Crippen molar-refractivity contribution in [1.82, 2.24) is 19.9 Å². The first-order chi connectivity index (χ1) is 17.9. The highest BCUT2D eigenvalue weighted by atomic mass is 35.5. The van der Waals surface area contributed by atoms with Crippen LogP contribution in [0.25, 0.3) is 0 Å².